The van der Waals surface area contributed by atoms with Crippen molar-refractivity contribution in [2.75, 3.05) is 6.61 Å². The fourth-order valence-electron chi connectivity index (χ4n) is 2.55. The van der Waals surface area contributed by atoms with Crippen molar-refractivity contribution in [3.05, 3.63) is 29.6 Å². The summed E-state index contributed by atoms with van der Waals surface area (Å²) in [5, 5.41) is 12.5. The van der Waals surface area contributed by atoms with Crippen molar-refractivity contribution in [2.45, 2.75) is 39.3 Å². The molecule has 0 heterocycles. The van der Waals surface area contributed by atoms with E-state index in [1.807, 2.05) is 20.8 Å². The Balaban J connectivity index is 2.03. The number of halogens is 1. The highest BCUT2D eigenvalue weighted by atomic mass is 19.1. The molecule has 1 aromatic carbocycles. The number of benzene rings is 1. The molecular weight excluding hydrogens is 261 g/mol. The van der Waals surface area contributed by atoms with Crippen LogP contribution in [0.2, 0.25) is 0 Å². The smallest absolute Gasteiger partial charge is 0.255 e. The van der Waals surface area contributed by atoms with Crippen molar-refractivity contribution in [3.8, 4) is 5.75 Å². The van der Waals surface area contributed by atoms with E-state index in [1.165, 1.54) is 6.07 Å². The summed E-state index contributed by atoms with van der Waals surface area (Å²) in [7, 11) is 0. The van der Waals surface area contributed by atoms with Gasteiger partial charge in [-0.05, 0) is 25.5 Å². The molecule has 2 N–H and O–H groups in total. The van der Waals surface area contributed by atoms with E-state index in [-0.39, 0.29) is 28.9 Å². The highest BCUT2D eigenvalue weighted by Crippen LogP contribution is 2.42. The number of ether oxygens (including phenoxy) is 1. The van der Waals surface area contributed by atoms with Crippen LogP contribution in [0.1, 0.15) is 37.6 Å². The molecule has 0 aliphatic heterocycles. The van der Waals surface area contributed by atoms with Crippen LogP contribution in [0, 0.1) is 11.2 Å². The van der Waals surface area contributed by atoms with Crippen LogP contribution in [0.4, 0.5) is 4.39 Å². The summed E-state index contributed by atoms with van der Waals surface area (Å²) in [5.74, 6) is -1.31. The third-order valence-electron chi connectivity index (χ3n) is 4.06. The second kappa shape index (κ2) is 5.40. The summed E-state index contributed by atoms with van der Waals surface area (Å²) in [4.78, 5) is 12.1. The Kier molecular flexibility index (Phi) is 3.99. The first kappa shape index (κ1) is 14.8. The zero-order chi connectivity index (χ0) is 14.9. The Morgan fingerprint density at radius 2 is 2.25 bits per heavy atom. The molecule has 110 valence electrons. The average Bonchev–Trinajstić information content (AvgIpc) is 2.37. The molecule has 1 aliphatic rings. The Labute approximate surface area is 117 Å². The van der Waals surface area contributed by atoms with Crippen molar-refractivity contribution in [1.29, 1.82) is 0 Å². The minimum atomic E-state index is -0.570. The fraction of sp³-hybridized carbons (Fsp3) is 0.533. The summed E-state index contributed by atoms with van der Waals surface area (Å²) < 4.78 is 18.5. The number of hydrogen-bond acceptors (Lipinski definition) is 3. The van der Waals surface area contributed by atoms with Gasteiger partial charge in [0.1, 0.15) is 11.6 Å². The van der Waals surface area contributed by atoms with Gasteiger partial charge in [-0.1, -0.05) is 13.8 Å². The highest BCUT2D eigenvalue weighted by molar-refractivity contribution is 5.97. The van der Waals surface area contributed by atoms with E-state index >= 15 is 0 Å². The van der Waals surface area contributed by atoms with E-state index in [0.29, 0.717) is 6.61 Å². The maximum absolute atomic E-state index is 12.9. The van der Waals surface area contributed by atoms with Crippen LogP contribution in [-0.2, 0) is 4.74 Å². The lowest BCUT2D eigenvalue weighted by Crippen LogP contribution is -2.62. The molecular formula is C15H20FNO3. The number of amides is 1. The third-order valence-corrected chi connectivity index (χ3v) is 4.06. The summed E-state index contributed by atoms with van der Waals surface area (Å²) in [6, 6.07) is 3.36. The monoisotopic (exact) mass is 281 g/mol. The number of nitrogens with one attached hydrogen (secondary N) is 1. The molecule has 1 fully saturated rings. The molecule has 2 rings (SSSR count). The number of hydrogen-bond donors (Lipinski definition) is 2. The zero-order valence-corrected chi connectivity index (χ0v) is 11.9. The van der Waals surface area contributed by atoms with Crippen molar-refractivity contribution >= 4 is 5.91 Å². The van der Waals surface area contributed by atoms with E-state index in [1.54, 1.807) is 0 Å². The van der Waals surface area contributed by atoms with Gasteiger partial charge in [0, 0.05) is 24.1 Å². The molecule has 1 amide bonds. The second-order valence-corrected chi connectivity index (χ2v) is 5.69. The van der Waals surface area contributed by atoms with E-state index < -0.39 is 11.7 Å². The Hall–Kier alpha value is -1.62. The van der Waals surface area contributed by atoms with Crippen LogP contribution in [0.15, 0.2) is 18.2 Å². The molecule has 0 spiro atoms. The summed E-state index contributed by atoms with van der Waals surface area (Å²) in [6.45, 7) is 6.66. The lowest BCUT2D eigenvalue weighted by molar-refractivity contribution is -0.111. The molecule has 4 nitrogen and oxygen atoms in total. The Bertz CT molecular complexity index is 516. The third kappa shape index (κ3) is 2.63. The number of aromatic hydroxyl groups is 1. The fourth-order valence-corrected chi connectivity index (χ4v) is 2.55. The molecule has 0 saturated heterocycles. The minimum absolute atomic E-state index is 0.0176. The van der Waals surface area contributed by atoms with Gasteiger partial charge in [-0.3, -0.25) is 4.79 Å². The first-order chi connectivity index (χ1) is 9.36. The Morgan fingerprint density at radius 3 is 2.80 bits per heavy atom. The molecule has 5 heteroatoms. The van der Waals surface area contributed by atoms with Gasteiger partial charge in [0.05, 0.1) is 11.7 Å². The van der Waals surface area contributed by atoms with Crippen LogP contribution in [0.25, 0.3) is 0 Å². The molecule has 2 atom stereocenters. The predicted molar refractivity (Wildman–Crippen MR) is 73.1 cm³/mol. The number of carbonyl (C=O) groups is 1. The molecule has 0 aromatic heterocycles. The van der Waals surface area contributed by atoms with Crippen molar-refractivity contribution in [2.24, 2.45) is 5.41 Å². The van der Waals surface area contributed by atoms with Crippen LogP contribution in [0.5, 0.6) is 5.75 Å². The number of rotatable bonds is 4. The van der Waals surface area contributed by atoms with E-state index in [2.05, 4.69) is 5.32 Å². The number of carbonyl (C=O) groups excluding carboxylic acids is 1. The van der Waals surface area contributed by atoms with Gasteiger partial charge in [-0.2, -0.15) is 0 Å². The Morgan fingerprint density at radius 1 is 1.55 bits per heavy atom. The topological polar surface area (TPSA) is 58.6 Å². The largest absolute Gasteiger partial charge is 0.507 e. The van der Waals surface area contributed by atoms with Gasteiger partial charge < -0.3 is 15.2 Å². The highest BCUT2D eigenvalue weighted by Gasteiger charge is 2.49. The molecule has 1 aromatic rings. The number of phenols is 1. The molecule has 0 radical (unpaired) electrons. The van der Waals surface area contributed by atoms with Crippen LogP contribution >= 0.6 is 0 Å². The minimum Gasteiger partial charge on any atom is -0.507 e. The second-order valence-electron chi connectivity index (χ2n) is 5.69. The lowest BCUT2D eigenvalue weighted by atomic mass is 9.64. The van der Waals surface area contributed by atoms with E-state index in [0.717, 1.165) is 18.6 Å². The van der Waals surface area contributed by atoms with Gasteiger partial charge >= 0.3 is 0 Å². The van der Waals surface area contributed by atoms with Crippen LogP contribution in [-0.4, -0.2) is 29.8 Å². The first-order valence-electron chi connectivity index (χ1n) is 6.77. The zero-order valence-electron chi connectivity index (χ0n) is 11.9. The van der Waals surface area contributed by atoms with Crippen molar-refractivity contribution in [3.63, 3.8) is 0 Å². The van der Waals surface area contributed by atoms with Gasteiger partial charge in [0.2, 0.25) is 0 Å². The maximum atomic E-state index is 12.9. The summed E-state index contributed by atoms with van der Waals surface area (Å²) in [5.41, 5.74) is -0.0662. The number of phenolic OH excluding ortho intramolecular Hbond substituents is 1. The molecule has 2 unspecified atom stereocenters. The average molecular weight is 281 g/mol. The molecule has 20 heavy (non-hydrogen) atoms. The van der Waals surface area contributed by atoms with E-state index in [9.17, 15) is 14.3 Å². The lowest BCUT2D eigenvalue weighted by Gasteiger charge is -2.51. The van der Waals surface area contributed by atoms with Gasteiger partial charge in [-0.25, -0.2) is 4.39 Å². The van der Waals surface area contributed by atoms with Crippen LogP contribution < -0.4 is 5.32 Å². The van der Waals surface area contributed by atoms with E-state index in [4.69, 9.17) is 4.74 Å². The molecule has 0 bridgehead atoms. The summed E-state index contributed by atoms with van der Waals surface area (Å²) >= 11 is 0. The molecule has 1 aliphatic carbocycles. The standard InChI is InChI=1S/C15H20FNO3/c1-4-20-13-8-12(15(13,2)3)17-14(19)10-6-5-9(16)7-11(10)18/h5-7,12-13,18H,4,8H2,1-3H3,(H,17,19). The normalized spacial score (nSPS) is 24.0. The molecule has 1 saturated carbocycles. The quantitative estimate of drug-likeness (QED) is 0.891. The van der Waals surface area contributed by atoms with Crippen molar-refractivity contribution in [1.82, 2.24) is 5.32 Å². The van der Waals surface area contributed by atoms with Gasteiger partial charge in [0.15, 0.2) is 0 Å². The summed E-state index contributed by atoms with van der Waals surface area (Å²) in [6.07, 6.45) is 0.869. The van der Waals surface area contributed by atoms with Crippen LogP contribution in [0.3, 0.4) is 0 Å². The van der Waals surface area contributed by atoms with Gasteiger partial charge in [0.25, 0.3) is 5.91 Å². The van der Waals surface area contributed by atoms with Crippen molar-refractivity contribution < 1.29 is 19.0 Å². The first-order valence-corrected chi connectivity index (χ1v) is 6.77. The maximum Gasteiger partial charge on any atom is 0.255 e. The predicted octanol–water partition coefficient (Wildman–Crippen LogP) is 2.46. The van der Waals surface area contributed by atoms with Gasteiger partial charge in [-0.15, -0.1) is 0 Å². The SMILES string of the molecule is CCOC1CC(NC(=O)c2ccc(F)cc2O)C1(C)C.